The molecule has 2 saturated carbocycles. The maximum atomic E-state index is 12.5. The lowest BCUT2D eigenvalue weighted by molar-refractivity contribution is -0.135. The lowest BCUT2D eigenvalue weighted by atomic mass is 9.82. The highest BCUT2D eigenvalue weighted by atomic mass is 16.2. The number of carbonyl (C=O) groups excluding carboxylic acids is 1. The topological polar surface area (TPSA) is 20.3 Å². The van der Waals surface area contributed by atoms with Gasteiger partial charge in [0.2, 0.25) is 5.91 Å². The van der Waals surface area contributed by atoms with E-state index in [4.69, 9.17) is 0 Å². The standard InChI is InChI=1S/C15H25NO/c17-15(12-6-2-1-3-7-12)16-10-13-8-4-5-9-14(13)11-16/h12-14H,1-11H2. The first-order valence-electron chi connectivity index (χ1n) is 7.63. The third-order valence-electron chi connectivity index (χ3n) is 5.24. The fourth-order valence-electron chi connectivity index (χ4n) is 4.19. The molecule has 1 saturated heterocycles. The molecule has 0 spiro atoms. The third kappa shape index (κ3) is 2.36. The molecule has 1 amide bonds. The molecular weight excluding hydrogens is 210 g/mol. The van der Waals surface area contributed by atoms with E-state index < -0.39 is 0 Å². The van der Waals surface area contributed by atoms with Crippen molar-refractivity contribution >= 4 is 5.91 Å². The molecule has 17 heavy (non-hydrogen) atoms. The molecule has 0 N–H and O–H groups in total. The van der Waals surface area contributed by atoms with Crippen molar-refractivity contribution in [3.05, 3.63) is 0 Å². The van der Waals surface area contributed by atoms with Crippen LogP contribution in [0.3, 0.4) is 0 Å². The minimum Gasteiger partial charge on any atom is -0.342 e. The van der Waals surface area contributed by atoms with E-state index >= 15 is 0 Å². The molecule has 1 aliphatic heterocycles. The number of nitrogens with zero attached hydrogens (tertiary/aromatic N) is 1. The molecule has 0 aromatic heterocycles. The summed E-state index contributed by atoms with van der Waals surface area (Å²) in [5.41, 5.74) is 0. The van der Waals surface area contributed by atoms with Crippen LogP contribution in [-0.2, 0) is 4.79 Å². The average Bonchev–Trinajstić information content (AvgIpc) is 2.82. The molecule has 3 fully saturated rings. The minimum absolute atomic E-state index is 0.379. The highest BCUT2D eigenvalue weighted by molar-refractivity contribution is 5.79. The molecule has 96 valence electrons. The molecule has 3 aliphatic rings. The number of hydrogen-bond acceptors (Lipinski definition) is 1. The lowest BCUT2D eigenvalue weighted by Gasteiger charge is -2.26. The fourth-order valence-corrected chi connectivity index (χ4v) is 4.19. The van der Waals surface area contributed by atoms with Crippen LogP contribution in [-0.4, -0.2) is 23.9 Å². The van der Waals surface area contributed by atoms with Crippen molar-refractivity contribution in [2.24, 2.45) is 17.8 Å². The predicted molar refractivity (Wildman–Crippen MR) is 68.6 cm³/mol. The highest BCUT2D eigenvalue weighted by Crippen LogP contribution is 2.37. The Bertz CT molecular complexity index is 269. The second kappa shape index (κ2) is 4.99. The number of fused-ring (bicyclic) bond motifs is 1. The van der Waals surface area contributed by atoms with Gasteiger partial charge in [-0.3, -0.25) is 4.79 Å². The van der Waals surface area contributed by atoms with Crippen LogP contribution in [0.1, 0.15) is 57.8 Å². The smallest absolute Gasteiger partial charge is 0.225 e. The van der Waals surface area contributed by atoms with E-state index in [0.29, 0.717) is 11.8 Å². The molecule has 0 radical (unpaired) electrons. The van der Waals surface area contributed by atoms with Gasteiger partial charge in [0.1, 0.15) is 0 Å². The van der Waals surface area contributed by atoms with Crippen molar-refractivity contribution in [3.8, 4) is 0 Å². The van der Waals surface area contributed by atoms with Crippen molar-refractivity contribution in [2.45, 2.75) is 57.8 Å². The quantitative estimate of drug-likeness (QED) is 0.683. The third-order valence-corrected chi connectivity index (χ3v) is 5.24. The summed E-state index contributed by atoms with van der Waals surface area (Å²) < 4.78 is 0. The molecule has 2 nitrogen and oxygen atoms in total. The van der Waals surface area contributed by atoms with E-state index in [2.05, 4.69) is 4.90 Å². The summed E-state index contributed by atoms with van der Waals surface area (Å²) in [5, 5.41) is 0. The Balaban J connectivity index is 1.59. The highest BCUT2D eigenvalue weighted by Gasteiger charge is 2.38. The van der Waals surface area contributed by atoms with Crippen molar-refractivity contribution in [1.29, 1.82) is 0 Å². The van der Waals surface area contributed by atoms with Gasteiger partial charge in [0.15, 0.2) is 0 Å². The van der Waals surface area contributed by atoms with Crippen molar-refractivity contribution < 1.29 is 4.79 Å². The average molecular weight is 235 g/mol. The van der Waals surface area contributed by atoms with Gasteiger partial charge in [-0.2, -0.15) is 0 Å². The first-order valence-corrected chi connectivity index (χ1v) is 7.63. The van der Waals surface area contributed by atoms with E-state index in [1.54, 1.807) is 0 Å². The Labute approximate surface area is 105 Å². The van der Waals surface area contributed by atoms with Gasteiger partial charge < -0.3 is 4.90 Å². The minimum atomic E-state index is 0.379. The molecule has 2 aliphatic carbocycles. The molecule has 1 heterocycles. The Morgan fingerprint density at radius 3 is 1.88 bits per heavy atom. The predicted octanol–water partition coefficient (Wildman–Crippen LogP) is 3.22. The molecule has 0 bridgehead atoms. The summed E-state index contributed by atoms with van der Waals surface area (Å²) in [4.78, 5) is 14.7. The van der Waals surface area contributed by atoms with Gasteiger partial charge in [0.05, 0.1) is 0 Å². The van der Waals surface area contributed by atoms with Crippen LogP contribution < -0.4 is 0 Å². The molecule has 2 unspecified atom stereocenters. The van der Waals surface area contributed by atoms with Gasteiger partial charge >= 0.3 is 0 Å². The van der Waals surface area contributed by atoms with Gasteiger partial charge in [-0.25, -0.2) is 0 Å². The second-order valence-electron chi connectivity index (χ2n) is 6.38. The zero-order valence-electron chi connectivity index (χ0n) is 10.9. The van der Waals surface area contributed by atoms with Crippen LogP contribution >= 0.6 is 0 Å². The number of likely N-dealkylation sites (tertiary alicyclic amines) is 1. The van der Waals surface area contributed by atoms with E-state index in [1.807, 2.05) is 0 Å². The molecule has 0 aromatic rings. The normalized spacial score (nSPS) is 34.7. The largest absolute Gasteiger partial charge is 0.342 e. The van der Waals surface area contributed by atoms with E-state index in [1.165, 1.54) is 44.9 Å². The van der Waals surface area contributed by atoms with Crippen LogP contribution in [0.5, 0.6) is 0 Å². The van der Waals surface area contributed by atoms with Crippen molar-refractivity contribution in [3.63, 3.8) is 0 Å². The molecule has 2 atom stereocenters. The summed E-state index contributed by atoms with van der Waals surface area (Å²) in [6.07, 6.45) is 11.7. The van der Waals surface area contributed by atoms with E-state index in [-0.39, 0.29) is 0 Å². The zero-order valence-corrected chi connectivity index (χ0v) is 10.9. The summed E-state index contributed by atoms with van der Waals surface area (Å²) in [6.45, 7) is 2.17. The maximum absolute atomic E-state index is 12.5. The lowest BCUT2D eigenvalue weighted by Crippen LogP contribution is -2.35. The molecular formula is C15H25NO. The summed E-state index contributed by atoms with van der Waals surface area (Å²) >= 11 is 0. The SMILES string of the molecule is O=C(C1CCCCC1)N1CC2CCCCC2C1. The Morgan fingerprint density at radius 2 is 1.29 bits per heavy atom. The van der Waals surface area contributed by atoms with E-state index in [9.17, 15) is 4.79 Å². The number of rotatable bonds is 1. The summed E-state index contributed by atoms with van der Waals surface area (Å²) in [5.74, 6) is 2.57. The van der Waals surface area contributed by atoms with Crippen LogP contribution in [0.2, 0.25) is 0 Å². The summed E-state index contributed by atoms with van der Waals surface area (Å²) in [7, 11) is 0. The maximum Gasteiger partial charge on any atom is 0.225 e. The first-order chi connectivity index (χ1) is 8.34. The van der Waals surface area contributed by atoms with Crippen molar-refractivity contribution in [2.75, 3.05) is 13.1 Å². The van der Waals surface area contributed by atoms with Gasteiger partial charge in [-0.15, -0.1) is 0 Å². The Hall–Kier alpha value is -0.530. The fraction of sp³-hybridized carbons (Fsp3) is 0.933. The van der Waals surface area contributed by atoms with Crippen molar-refractivity contribution in [1.82, 2.24) is 4.90 Å². The van der Waals surface area contributed by atoms with Gasteiger partial charge in [0, 0.05) is 19.0 Å². The van der Waals surface area contributed by atoms with E-state index in [0.717, 1.165) is 37.8 Å². The van der Waals surface area contributed by atoms with Gasteiger partial charge in [-0.05, 0) is 37.5 Å². The second-order valence-corrected chi connectivity index (χ2v) is 6.38. The number of hydrogen-bond donors (Lipinski definition) is 0. The Kier molecular flexibility index (Phi) is 3.39. The zero-order chi connectivity index (χ0) is 11.7. The van der Waals surface area contributed by atoms with Crippen LogP contribution in [0.4, 0.5) is 0 Å². The first kappa shape index (κ1) is 11.6. The van der Waals surface area contributed by atoms with Crippen LogP contribution in [0, 0.1) is 17.8 Å². The van der Waals surface area contributed by atoms with Gasteiger partial charge in [-0.1, -0.05) is 32.1 Å². The molecule has 0 aromatic carbocycles. The van der Waals surface area contributed by atoms with Crippen LogP contribution in [0.15, 0.2) is 0 Å². The number of amides is 1. The monoisotopic (exact) mass is 235 g/mol. The Morgan fingerprint density at radius 1 is 0.765 bits per heavy atom. The number of carbonyl (C=O) groups is 1. The molecule has 2 heteroatoms. The van der Waals surface area contributed by atoms with Gasteiger partial charge in [0.25, 0.3) is 0 Å². The molecule has 3 rings (SSSR count). The summed E-state index contributed by atoms with van der Waals surface area (Å²) in [6, 6.07) is 0. The van der Waals surface area contributed by atoms with Crippen LogP contribution in [0.25, 0.3) is 0 Å².